The minimum atomic E-state index is -3.61. The first-order chi connectivity index (χ1) is 12.2. The lowest BCUT2D eigenvalue weighted by atomic mass is 10.1. The lowest BCUT2D eigenvalue weighted by Gasteiger charge is -2.25. The molecule has 0 bridgehead atoms. The van der Waals surface area contributed by atoms with Crippen LogP contribution in [0, 0.1) is 19.7 Å². The number of nitrogens with zero attached hydrogens (tertiary/aromatic N) is 1. The minimum absolute atomic E-state index is 0.284. The van der Waals surface area contributed by atoms with Crippen molar-refractivity contribution in [2.45, 2.75) is 20.3 Å². The Morgan fingerprint density at radius 3 is 2.19 bits per heavy atom. The van der Waals surface area contributed by atoms with Crippen molar-refractivity contribution in [1.29, 1.82) is 0 Å². The summed E-state index contributed by atoms with van der Waals surface area (Å²) in [7, 11) is -3.61. The summed E-state index contributed by atoms with van der Waals surface area (Å²) in [4.78, 5) is 12.3. The predicted octanol–water partition coefficient (Wildman–Crippen LogP) is 2.57. The van der Waals surface area contributed by atoms with Crippen molar-refractivity contribution >= 4 is 21.6 Å². The lowest BCUT2D eigenvalue weighted by molar-refractivity contribution is -0.119. The number of para-hydroxylation sites is 1. The van der Waals surface area contributed by atoms with Gasteiger partial charge in [0.05, 0.1) is 11.9 Å². The van der Waals surface area contributed by atoms with E-state index in [1.165, 1.54) is 12.1 Å². The molecule has 0 saturated heterocycles. The quantitative estimate of drug-likeness (QED) is 0.805. The molecule has 1 amide bonds. The van der Waals surface area contributed by atoms with Crippen molar-refractivity contribution in [2.75, 3.05) is 23.7 Å². The van der Waals surface area contributed by atoms with Crippen LogP contribution in [0.4, 0.5) is 10.1 Å². The number of carbonyl (C=O) groups excluding carboxylic acids is 1. The fourth-order valence-electron chi connectivity index (χ4n) is 2.74. The minimum Gasteiger partial charge on any atom is -0.354 e. The Morgan fingerprint density at radius 2 is 1.65 bits per heavy atom. The van der Waals surface area contributed by atoms with Gasteiger partial charge in [0.1, 0.15) is 12.4 Å². The van der Waals surface area contributed by atoms with Crippen molar-refractivity contribution in [3.8, 4) is 0 Å². The number of nitrogens with one attached hydrogen (secondary N) is 1. The maximum atomic E-state index is 12.9. The second-order valence-electron chi connectivity index (χ2n) is 6.24. The zero-order chi connectivity index (χ0) is 19.3. The summed E-state index contributed by atoms with van der Waals surface area (Å²) in [6.45, 7) is 3.68. The molecule has 0 heterocycles. The molecule has 0 aliphatic heterocycles. The number of amides is 1. The van der Waals surface area contributed by atoms with Gasteiger partial charge in [-0.15, -0.1) is 0 Å². The smallest absolute Gasteiger partial charge is 0.240 e. The average Bonchev–Trinajstić information content (AvgIpc) is 2.54. The Morgan fingerprint density at radius 1 is 1.08 bits per heavy atom. The SMILES string of the molecule is Cc1cccc(C)c1N(CC(=O)NCCc1ccc(F)cc1)S(C)(=O)=O. The van der Waals surface area contributed by atoms with Crippen LogP contribution >= 0.6 is 0 Å². The highest BCUT2D eigenvalue weighted by molar-refractivity contribution is 7.92. The van der Waals surface area contributed by atoms with Crippen molar-refractivity contribution in [3.05, 3.63) is 65.0 Å². The number of rotatable bonds is 7. The molecule has 2 aromatic carbocycles. The fourth-order valence-corrected chi connectivity index (χ4v) is 3.72. The molecular formula is C19H23FN2O3S. The molecule has 0 aliphatic carbocycles. The molecule has 0 fully saturated rings. The average molecular weight is 378 g/mol. The fraction of sp³-hybridized carbons (Fsp3) is 0.316. The number of halogens is 1. The molecule has 7 heteroatoms. The van der Waals surface area contributed by atoms with Gasteiger partial charge in [-0.25, -0.2) is 12.8 Å². The number of hydrogen-bond donors (Lipinski definition) is 1. The molecule has 0 radical (unpaired) electrons. The monoisotopic (exact) mass is 378 g/mol. The number of hydrogen-bond acceptors (Lipinski definition) is 3. The van der Waals surface area contributed by atoms with E-state index in [1.54, 1.807) is 12.1 Å². The standard InChI is InChI=1S/C19H23FN2O3S/c1-14-5-4-6-15(2)19(14)22(26(3,24)25)13-18(23)21-12-11-16-7-9-17(20)10-8-16/h4-10H,11-13H2,1-3H3,(H,21,23). The molecule has 0 unspecified atom stereocenters. The van der Waals surface area contributed by atoms with Gasteiger partial charge in [0, 0.05) is 6.54 Å². The molecule has 0 saturated carbocycles. The molecule has 0 atom stereocenters. The first-order valence-corrected chi connectivity index (χ1v) is 10.1. The van der Waals surface area contributed by atoms with Crippen LogP contribution in [-0.4, -0.2) is 33.7 Å². The summed E-state index contributed by atoms with van der Waals surface area (Å²) in [5.41, 5.74) is 2.99. The Hall–Kier alpha value is -2.41. The third kappa shape index (κ3) is 5.29. The van der Waals surface area contributed by atoms with E-state index in [9.17, 15) is 17.6 Å². The maximum absolute atomic E-state index is 12.9. The number of anilines is 1. The van der Waals surface area contributed by atoms with Crippen LogP contribution in [-0.2, 0) is 21.2 Å². The largest absolute Gasteiger partial charge is 0.354 e. The molecule has 0 aliphatic rings. The second-order valence-corrected chi connectivity index (χ2v) is 8.14. The highest BCUT2D eigenvalue weighted by Gasteiger charge is 2.23. The van der Waals surface area contributed by atoms with E-state index < -0.39 is 10.0 Å². The zero-order valence-corrected chi connectivity index (χ0v) is 15.9. The third-order valence-corrected chi connectivity index (χ3v) is 5.14. The summed E-state index contributed by atoms with van der Waals surface area (Å²) in [6, 6.07) is 11.5. The molecule has 140 valence electrons. The molecular weight excluding hydrogens is 355 g/mol. The van der Waals surface area contributed by atoms with Gasteiger partial charge >= 0.3 is 0 Å². The summed E-state index contributed by atoms with van der Waals surface area (Å²) in [6.07, 6.45) is 1.62. The van der Waals surface area contributed by atoms with Gasteiger partial charge in [0.25, 0.3) is 0 Å². The van der Waals surface area contributed by atoms with Crippen LogP contribution in [0.2, 0.25) is 0 Å². The predicted molar refractivity (Wildman–Crippen MR) is 101 cm³/mol. The second kappa shape index (κ2) is 8.31. The lowest BCUT2D eigenvalue weighted by Crippen LogP contribution is -2.41. The number of carbonyl (C=O) groups is 1. The van der Waals surface area contributed by atoms with Crippen LogP contribution in [0.25, 0.3) is 0 Å². The zero-order valence-electron chi connectivity index (χ0n) is 15.1. The van der Waals surface area contributed by atoms with Gasteiger partial charge in [-0.1, -0.05) is 30.3 Å². The highest BCUT2D eigenvalue weighted by atomic mass is 32.2. The molecule has 0 aromatic heterocycles. The first kappa shape index (κ1) is 19.9. The molecule has 26 heavy (non-hydrogen) atoms. The van der Waals surface area contributed by atoms with Gasteiger partial charge in [-0.05, 0) is 49.1 Å². The Kier molecular flexibility index (Phi) is 6.37. The topological polar surface area (TPSA) is 66.5 Å². The van der Waals surface area contributed by atoms with Crippen LogP contribution in [0.1, 0.15) is 16.7 Å². The van der Waals surface area contributed by atoms with Gasteiger partial charge in [-0.2, -0.15) is 0 Å². The van der Waals surface area contributed by atoms with Crippen LogP contribution in [0.15, 0.2) is 42.5 Å². The van der Waals surface area contributed by atoms with E-state index in [4.69, 9.17) is 0 Å². The Labute approximate surface area is 153 Å². The first-order valence-electron chi connectivity index (χ1n) is 8.23. The molecule has 0 spiro atoms. The summed E-state index contributed by atoms with van der Waals surface area (Å²) < 4.78 is 38.4. The van der Waals surface area contributed by atoms with E-state index in [2.05, 4.69) is 5.32 Å². The summed E-state index contributed by atoms with van der Waals surface area (Å²) in [5.74, 6) is -0.699. The molecule has 2 aromatic rings. The van der Waals surface area contributed by atoms with E-state index in [0.29, 0.717) is 18.7 Å². The van der Waals surface area contributed by atoms with Crippen LogP contribution < -0.4 is 9.62 Å². The number of aryl methyl sites for hydroxylation is 2. The maximum Gasteiger partial charge on any atom is 0.240 e. The highest BCUT2D eigenvalue weighted by Crippen LogP contribution is 2.26. The normalized spacial score (nSPS) is 11.2. The van der Waals surface area contributed by atoms with Gasteiger partial charge in [0.15, 0.2) is 0 Å². The van der Waals surface area contributed by atoms with E-state index in [0.717, 1.165) is 27.3 Å². The number of benzene rings is 2. The van der Waals surface area contributed by atoms with Gasteiger partial charge < -0.3 is 5.32 Å². The van der Waals surface area contributed by atoms with E-state index in [-0.39, 0.29) is 18.3 Å². The van der Waals surface area contributed by atoms with Gasteiger partial charge in [-0.3, -0.25) is 9.10 Å². The Balaban J connectivity index is 2.04. The Bertz CT molecular complexity index is 860. The van der Waals surface area contributed by atoms with Crippen molar-refractivity contribution in [2.24, 2.45) is 0 Å². The van der Waals surface area contributed by atoms with Crippen LogP contribution in [0.5, 0.6) is 0 Å². The van der Waals surface area contributed by atoms with Crippen molar-refractivity contribution < 1.29 is 17.6 Å². The van der Waals surface area contributed by atoms with Gasteiger partial charge in [0.2, 0.25) is 15.9 Å². The van der Waals surface area contributed by atoms with Crippen LogP contribution in [0.3, 0.4) is 0 Å². The van der Waals surface area contributed by atoms with Crippen molar-refractivity contribution in [3.63, 3.8) is 0 Å². The summed E-state index contributed by atoms with van der Waals surface area (Å²) >= 11 is 0. The molecule has 2 rings (SSSR count). The van der Waals surface area contributed by atoms with Crippen molar-refractivity contribution in [1.82, 2.24) is 5.32 Å². The molecule has 5 nitrogen and oxygen atoms in total. The molecule has 1 N–H and O–H groups in total. The summed E-state index contributed by atoms with van der Waals surface area (Å²) in [5, 5.41) is 2.72. The van der Waals surface area contributed by atoms with E-state index >= 15 is 0 Å². The third-order valence-electron chi connectivity index (χ3n) is 4.03. The van der Waals surface area contributed by atoms with E-state index in [1.807, 2.05) is 32.0 Å². The number of sulfonamides is 1.